The molecule has 2 aromatic rings. The minimum absolute atomic E-state index is 0.262. The zero-order chi connectivity index (χ0) is 12.8. The number of anilines is 3. The number of hydrogen-bond acceptors (Lipinski definition) is 5. The van der Waals surface area contributed by atoms with Crippen molar-refractivity contribution in [2.75, 3.05) is 11.1 Å². The third kappa shape index (κ3) is 3.04. The second-order valence-electron chi connectivity index (χ2n) is 3.26. The van der Waals surface area contributed by atoms with Crippen LogP contribution >= 0.6 is 0 Å². The first-order valence-electron chi connectivity index (χ1n) is 5.09. The molecular weight excluding hydrogens is 232 g/mol. The number of nitrogen functional groups attached to an aromatic ring is 1. The molecule has 0 spiro atoms. The highest BCUT2D eigenvalue weighted by molar-refractivity contribution is 5.72. The van der Waals surface area contributed by atoms with E-state index < -0.39 is 0 Å². The molecule has 0 saturated heterocycles. The summed E-state index contributed by atoms with van der Waals surface area (Å²) in [6, 6.07) is 7.32. The Morgan fingerprint density at radius 1 is 1.28 bits per heavy atom. The van der Waals surface area contributed by atoms with Crippen LogP contribution < -0.4 is 16.8 Å². The van der Waals surface area contributed by atoms with Gasteiger partial charge in [0.1, 0.15) is 6.34 Å². The van der Waals surface area contributed by atoms with Crippen LogP contribution in [-0.4, -0.2) is 27.9 Å². The minimum Gasteiger partial charge on any atom is -0.390 e. The van der Waals surface area contributed by atoms with Gasteiger partial charge in [0.25, 0.3) is 0 Å². The fraction of sp³-hybridized carbons (Fsp3) is 0. The van der Waals surface area contributed by atoms with E-state index in [1.165, 1.54) is 12.7 Å². The number of nitrogens with one attached hydrogen (secondary N) is 2. The summed E-state index contributed by atoms with van der Waals surface area (Å²) in [6.45, 7) is 0. The zero-order valence-electron chi connectivity index (χ0n) is 9.41. The van der Waals surface area contributed by atoms with Gasteiger partial charge in [-0.15, -0.1) is 5.10 Å². The molecule has 2 rings (SSSR count). The Kier molecular flexibility index (Phi) is 3.50. The van der Waals surface area contributed by atoms with E-state index in [1.54, 1.807) is 0 Å². The van der Waals surface area contributed by atoms with Crippen LogP contribution in [0.2, 0.25) is 0 Å². The normalized spacial score (nSPS) is 11.3. The Hall–Kier alpha value is -2.90. The SMILES string of the molecule is NC=NC=Nc1ccc(Nc2n[nH]c(N)n2)cc1. The van der Waals surface area contributed by atoms with Gasteiger partial charge in [0.05, 0.1) is 12.0 Å². The van der Waals surface area contributed by atoms with Gasteiger partial charge >= 0.3 is 0 Å². The molecule has 8 nitrogen and oxygen atoms in total. The second kappa shape index (κ2) is 5.43. The molecule has 0 unspecified atom stereocenters. The van der Waals surface area contributed by atoms with Crippen LogP contribution in [0.3, 0.4) is 0 Å². The maximum atomic E-state index is 5.41. The van der Waals surface area contributed by atoms with E-state index in [4.69, 9.17) is 11.5 Å². The molecule has 1 aromatic heterocycles. The number of benzene rings is 1. The minimum atomic E-state index is 0.262. The van der Waals surface area contributed by atoms with E-state index in [0.29, 0.717) is 5.95 Å². The van der Waals surface area contributed by atoms with Crippen molar-refractivity contribution in [1.82, 2.24) is 15.2 Å². The molecule has 8 heteroatoms. The van der Waals surface area contributed by atoms with Gasteiger partial charge in [0.15, 0.2) is 0 Å². The third-order valence-electron chi connectivity index (χ3n) is 1.99. The van der Waals surface area contributed by atoms with Gasteiger partial charge < -0.3 is 16.8 Å². The predicted octanol–water partition coefficient (Wildman–Crippen LogP) is 0.777. The number of H-pyrrole nitrogens is 1. The first-order chi connectivity index (χ1) is 8.78. The van der Waals surface area contributed by atoms with Crippen LogP contribution in [0.5, 0.6) is 0 Å². The number of nitrogens with zero attached hydrogens (tertiary/aromatic N) is 4. The molecule has 18 heavy (non-hydrogen) atoms. The van der Waals surface area contributed by atoms with Crippen molar-refractivity contribution in [1.29, 1.82) is 0 Å². The topological polar surface area (TPSA) is 130 Å². The van der Waals surface area contributed by atoms with E-state index in [-0.39, 0.29) is 5.95 Å². The lowest BCUT2D eigenvalue weighted by Crippen LogP contribution is -1.92. The van der Waals surface area contributed by atoms with Crippen LogP contribution in [0.15, 0.2) is 34.3 Å². The molecular formula is C10H12N8. The smallest absolute Gasteiger partial charge is 0.248 e. The van der Waals surface area contributed by atoms with Crippen LogP contribution in [0.25, 0.3) is 0 Å². The number of rotatable bonds is 4. The number of aromatic amines is 1. The van der Waals surface area contributed by atoms with Crippen molar-refractivity contribution in [2.45, 2.75) is 0 Å². The summed E-state index contributed by atoms with van der Waals surface area (Å²) < 4.78 is 0. The molecule has 0 aliphatic carbocycles. The second-order valence-corrected chi connectivity index (χ2v) is 3.26. The van der Waals surface area contributed by atoms with E-state index >= 15 is 0 Å². The molecule has 0 amide bonds. The Labute approximate surface area is 103 Å². The molecule has 92 valence electrons. The molecule has 0 bridgehead atoms. The fourth-order valence-corrected chi connectivity index (χ4v) is 1.23. The Bertz CT molecular complexity index is 554. The molecule has 0 atom stereocenters. The van der Waals surface area contributed by atoms with Gasteiger partial charge in [0, 0.05) is 5.69 Å². The average molecular weight is 244 g/mol. The summed E-state index contributed by atoms with van der Waals surface area (Å²) in [5.74, 6) is 0.676. The molecule has 0 fully saturated rings. The standard InChI is InChI=1S/C10H12N8/c11-5-13-6-14-7-1-3-8(4-2-7)15-10-16-9(12)17-18-10/h1-6H,(H2,11,13,14)(H4,12,15,16,17,18). The summed E-state index contributed by atoms with van der Waals surface area (Å²) in [5.41, 5.74) is 12.1. The van der Waals surface area contributed by atoms with Gasteiger partial charge in [-0.1, -0.05) is 0 Å². The average Bonchev–Trinajstić information content (AvgIpc) is 2.77. The Balaban J connectivity index is 2.03. The van der Waals surface area contributed by atoms with Crippen LogP contribution in [0.4, 0.5) is 23.3 Å². The largest absolute Gasteiger partial charge is 0.390 e. The number of nitrogens with two attached hydrogens (primary N) is 2. The highest BCUT2D eigenvalue weighted by atomic mass is 15.3. The first kappa shape index (κ1) is 11.6. The first-order valence-corrected chi connectivity index (χ1v) is 5.09. The van der Waals surface area contributed by atoms with Gasteiger partial charge in [-0.25, -0.2) is 15.1 Å². The van der Waals surface area contributed by atoms with Crippen molar-refractivity contribution in [3.8, 4) is 0 Å². The Morgan fingerprint density at radius 3 is 2.67 bits per heavy atom. The van der Waals surface area contributed by atoms with E-state index in [1.807, 2.05) is 24.3 Å². The quantitative estimate of drug-likeness (QED) is 0.466. The van der Waals surface area contributed by atoms with Gasteiger partial charge in [-0.2, -0.15) is 4.98 Å². The molecule has 0 radical (unpaired) electrons. The van der Waals surface area contributed by atoms with E-state index in [2.05, 4.69) is 30.5 Å². The van der Waals surface area contributed by atoms with Gasteiger partial charge in [-0.3, -0.25) is 0 Å². The van der Waals surface area contributed by atoms with E-state index in [9.17, 15) is 0 Å². The lowest BCUT2D eigenvalue weighted by atomic mass is 10.3. The Morgan fingerprint density at radius 2 is 2.06 bits per heavy atom. The summed E-state index contributed by atoms with van der Waals surface area (Å²) in [5, 5.41) is 9.38. The highest BCUT2D eigenvalue weighted by Gasteiger charge is 1.99. The molecule has 1 aromatic carbocycles. The number of aliphatic imine (C=N–C) groups is 2. The van der Waals surface area contributed by atoms with Crippen LogP contribution in [-0.2, 0) is 0 Å². The third-order valence-corrected chi connectivity index (χ3v) is 1.99. The van der Waals surface area contributed by atoms with Crippen LogP contribution in [0.1, 0.15) is 0 Å². The van der Waals surface area contributed by atoms with Crippen LogP contribution in [0, 0.1) is 0 Å². The van der Waals surface area contributed by atoms with Gasteiger partial charge in [0.2, 0.25) is 11.9 Å². The van der Waals surface area contributed by atoms with Crippen molar-refractivity contribution < 1.29 is 0 Å². The lowest BCUT2D eigenvalue weighted by Gasteiger charge is -2.01. The number of aromatic nitrogens is 3. The number of hydrogen-bond donors (Lipinski definition) is 4. The predicted molar refractivity (Wildman–Crippen MR) is 71.4 cm³/mol. The molecule has 0 saturated carbocycles. The summed E-state index contributed by atoms with van der Waals surface area (Å²) in [4.78, 5) is 11.7. The molecule has 0 aliphatic heterocycles. The van der Waals surface area contributed by atoms with E-state index in [0.717, 1.165) is 11.4 Å². The van der Waals surface area contributed by atoms with Crippen molar-refractivity contribution in [3.63, 3.8) is 0 Å². The van der Waals surface area contributed by atoms with Crippen molar-refractivity contribution in [2.24, 2.45) is 15.7 Å². The van der Waals surface area contributed by atoms with Gasteiger partial charge in [-0.05, 0) is 24.3 Å². The summed E-state index contributed by atoms with van der Waals surface area (Å²) in [6.07, 6.45) is 2.55. The lowest BCUT2D eigenvalue weighted by molar-refractivity contribution is 1.10. The monoisotopic (exact) mass is 244 g/mol. The maximum absolute atomic E-state index is 5.41. The van der Waals surface area contributed by atoms with Crippen molar-refractivity contribution in [3.05, 3.63) is 24.3 Å². The highest BCUT2D eigenvalue weighted by Crippen LogP contribution is 2.18. The molecule has 0 aliphatic rings. The maximum Gasteiger partial charge on any atom is 0.248 e. The van der Waals surface area contributed by atoms with Crippen molar-refractivity contribution >= 4 is 35.9 Å². The fourth-order valence-electron chi connectivity index (χ4n) is 1.23. The molecule has 1 heterocycles. The summed E-state index contributed by atoms with van der Waals surface area (Å²) >= 11 is 0. The molecule has 6 N–H and O–H groups in total. The zero-order valence-corrected chi connectivity index (χ0v) is 9.41. The summed E-state index contributed by atoms with van der Waals surface area (Å²) in [7, 11) is 0.